The maximum Gasteiger partial charge on any atom is 0.0547 e. The molecular formula is C11H19N3. The largest absolute Gasteiger partial charge is 0.325 e. The number of nitrogens with zero attached hydrogens (tertiary/aromatic N) is 2. The molecule has 1 aromatic heterocycles. The molecule has 0 fully saturated rings. The molecule has 2 N–H and O–H groups in total. The molecule has 3 heteroatoms. The molecule has 0 unspecified atom stereocenters. The minimum atomic E-state index is 0.513. The summed E-state index contributed by atoms with van der Waals surface area (Å²) < 4.78 is 0. The summed E-state index contributed by atoms with van der Waals surface area (Å²) in [6, 6.07) is 6.55. The Balaban J connectivity index is 2.66. The summed E-state index contributed by atoms with van der Waals surface area (Å²) in [6.07, 6.45) is 0. The standard InChI is InChI=1S/C11H19N3/c1-9(2)14(3)8-11-6-4-5-10(7-12)13-11/h4-6,9H,7-8,12H2,1-3H3. The van der Waals surface area contributed by atoms with Crippen molar-refractivity contribution in [3.8, 4) is 0 Å². The maximum atomic E-state index is 5.53. The van der Waals surface area contributed by atoms with Gasteiger partial charge in [-0.05, 0) is 33.0 Å². The van der Waals surface area contributed by atoms with E-state index < -0.39 is 0 Å². The highest BCUT2D eigenvalue weighted by Crippen LogP contribution is 2.04. The summed E-state index contributed by atoms with van der Waals surface area (Å²) in [6.45, 7) is 5.74. The van der Waals surface area contributed by atoms with Crippen molar-refractivity contribution >= 4 is 0 Å². The Morgan fingerprint density at radius 1 is 1.36 bits per heavy atom. The van der Waals surface area contributed by atoms with Gasteiger partial charge in [-0.2, -0.15) is 0 Å². The van der Waals surface area contributed by atoms with Crippen molar-refractivity contribution in [2.75, 3.05) is 7.05 Å². The third kappa shape index (κ3) is 3.09. The van der Waals surface area contributed by atoms with E-state index in [-0.39, 0.29) is 0 Å². The van der Waals surface area contributed by atoms with E-state index in [9.17, 15) is 0 Å². The van der Waals surface area contributed by atoms with Gasteiger partial charge >= 0.3 is 0 Å². The molecule has 0 amide bonds. The average molecular weight is 193 g/mol. The molecule has 0 atom stereocenters. The molecule has 0 aliphatic heterocycles. The molecule has 1 heterocycles. The lowest BCUT2D eigenvalue weighted by Crippen LogP contribution is -2.26. The molecule has 0 bridgehead atoms. The minimum absolute atomic E-state index is 0.513. The fraction of sp³-hybridized carbons (Fsp3) is 0.545. The fourth-order valence-corrected chi connectivity index (χ4v) is 1.17. The molecule has 1 aromatic rings. The fourth-order valence-electron chi connectivity index (χ4n) is 1.17. The van der Waals surface area contributed by atoms with Crippen LogP contribution in [0.15, 0.2) is 18.2 Å². The number of pyridine rings is 1. The van der Waals surface area contributed by atoms with Gasteiger partial charge in [0.15, 0.2) is 0 Å². The van der Waals surface area contributed by atoms with Crippen LogP contribution in [0, 0.1) is 0 Å². The van der Waals surface area contributed by atoms with Crippen molar-refractivity contribution in [1.82, 2.24) is 9.88 Å². The Morgan fingerprint density at radius 3 is 2.57 bits per heavy atom. The van der Waals surface area contributed by atoms with Crippen molar-refractivity contribution in [2.45, 2.75) is 33.0 Å². The summed E-state index contributed by atoms with van der Waals surface area (Å²) in [5.74, 6) is 0. The Hall–Kier alpha value is -0.930. The third-order valence-electron chi connectivity index (χ3n) is 2.37. The number of aromatic nitrogens is 1. The molecule has 78 valence electrons. The van der Waals surface area contributed by atoms with Gasteiger partial charge in [-0.3, -0.25) is 9.88 Å². The number of rotatable bonds is 4. The summed E-state index contributed by atoms with van der Waals surface area (Å²) in [7, 11) is 2.10. The van der Waals surface area contributed by atoms with E-state index >= 15 is 0 Å². The summed E-state index contributed by atoms with van der Waals surface area (Å²) in [5, 5.41) is 0. The molecule has 0 aromatic carbocycles. The monoisotopic (exact) mass is 193 g/mol. The van der Waals surface area contributed by atoms with Gasteiger partial charge in [-0.15, -0.1) is 0 Å². The van der Waals surface area contributed by atoms with E-state index in [0.717, 1.165) is 17.9 Å². The van der Waals surface area contributed by atoms with Gasteiger partial charge < -0.3 is 5.73 Å². The molecule has 0 radical (unpaired) electrons. The Bertz CT molecular complexity index is 284. The zero-order chi connectivity index (χ0) is 10.6. The predicted octanol–water partition coefficient (Wildman–Crippen LogP) is 1.38. The van der Waals surface area contributed by atoms with Gasteiger partial charge in [-0.1, -0.05) is 6.07 Å². The summed E-state index contributed by atoms with van der Waals surface area (Å²) in [5.41, 5.74) is 7.58. The smallest absolute Gasteiger partial charge is 0.0547 e. The van der Waals surface area contributed by atoms with Crippen molar-refractivity contribution in [3.05, 3.63) is 29.6 Å². The van der Waals surface area contributed by atoms with E-state index in [0.29, 0.717) is 12.6 Å². The van der Waals surface area contributed by atoms with Crippen LogP contribution in [0.4, 0.5) is 0 Å². The SMILES string of the molecule is CC(C)N(C)Cc1cccc(CN)n1. The zero-order valence-corrected chi connectivity index (χ0v) is 9.20. The number of hydrogen-bond acceptors (Lipinski definition) is 3. The van der Waals surface area contributed by atoms with Crippen LogP contribution in [0.3, 0.4) is 0 Å². The molecule has 0 aliphatic carbocycles. The molecule has 0 saturated heterocycles. The quantitative estimate of drug-likeness (QED) is 0.785. The lowest BCUT2D eigenvalue weighted by Gasteiger charge is -2.20. The predicted molar refractivity (Wildman–Crippen MR) is 58.7 cm³/mol. The minimum Gasteiger partial charge on any atom is -0.325 e. The van der Waals surface area contributed by atoms with Crippen molar-refractivity contribution in [2.24, 2.45) is 5.73 Å². The van der Waals surface area contributed by atoms with E-state index in [4.69, 9.17) is 5.73 Å². The highest BCUT2D eigenvalue weighted by molar-refractivity contribution is 5.10. The first-order valence-corrected chi connectivity index (χ1v) is 4.98. The van der Waals surface area contributed by atoms with Crippen molar-refractivity contribution in [1.29, 1.82) is 0 Å². The second-order valence-electron chi connectivity index (χ2n) is 3.83. The molecule has 3 nitrogen and oxygen atoms in total. The Labute approximate surface area is 85.9 Å². The van der Waals surface area contributed by atoms with E-state index in [1.807, 2.05) is 18.2 Å². The lowest BCUT2D eigenvalue weighted by atomic mass is 10.2. The second kappa shape index (κ2) is 5.08. The van der Waals surface area contributed by atoms with Gasteiger partial charge in [-0.25, -0.2) is 0 Å². The van der Waals surface area contributed by atoms with Crippen LogP contribution in [-0.4, -0.2) is 23.0 Å². The van der Waals surface area contributed by atoms with Crippen LogP contribution in [-0.2, 0) is 13.1 Å². The van der Waals surface area contributed by atoms with Gasteiger partial charge in [0.2, 0.25) is 0 Å². The highest BCUT2D eigenvalue weighted by atomic mass is 15.1. The maximum absolute atomic E-state index is 5.53. The Kier molecular flexibility index (Phi) is 4.04. The second-order valence-corrected chi connectivity index (χ2v) is 3.83. The number of hydrogen-bond donors (Lipinski definition) is 1. The normalized spacial score (nSPS) is 11.3. The molecule has 0 saturated carbocycles. The summed E-state index contributed by atoms with van der Waals surface area (Å²) in [4.78, 5) is 6.70. The zero-order valence-electron chi connectivity index (χ0n) is 9.20. The third-order valence-corrected chi connectivity index (χ3v) is 2.37. The molecule has 14 heavy (non-hydrogen) atoms. The first kappa shape index (κ1) is 11.1. The van der Waals surface area contributed by atoms with Crippen LogP contribution >= 0.6 is 0 Å². The van der Waals surface area contributed by atoms with E-state index in [1.54, 1.807) is 0 Å². The van der Waals surface area contributed by atoms with Crippen LogP contribution < -0.4 is 5.73 Å². The van der Waals surface area contributed by atoms with E-state index in [1.165, 1.54) is 0 Å². The molecular weight excluding hydrogens is 174 g/mol. The lowest BCUT2D eigenvalue weighted by molar-refractivity contribution is 0.262. The van der Waals surface area contributed by atoms with Crippen LogP contribution in [0.25, 0.3) is 0 Å². The molecule has 0 spiro atoms. The first-order chi connectivity index (χ1) is 6.63. The van der Waals surface area contributed by atoms with Gasteiger partial charge in [0.25, 0.3) is 0 Å². The highest BCUT2D eigenvalue weighted by Gasteiger charge is 2.05. The van der Waals surface area contributed by atoms with Crippen molar-refractivity contribution < 1.29 is 0 Å². The first-order valence-electron chi connectivity index (χ1n) is 4.98. The Morgan fingerprint density at radius 2 is 2.00 bits per heavy atom. The van der Waals surface area contributed by atoms with Crippen molar-refractivity contribution in [3.63, 3.8) is 0 Å². The van der Waals surface area contributed by atoms with Crippen LogP contribution in [0.5, 0.6) is 0 Å². The summed E-state index contributed by atoms with van der Waals surface area (Å²) >= 11 is 0. The van der Waals surface area contributed by atoms with Gasteiger partial charge in [0.05, 0.1) is 11.4 Å². The topological polar surface area (TPSA) is 42.1 Å². The van der Waals surface area contributed by atoms with E-state index in [2.05, 4.69) is 30.8 Å². The average Bonchev–Trinajstić information content (AvgIpc) is 2.18. The van der Waals surface area contributed by atoms with Crippen LogP contribution in [0.2, 0.25) is 0 Å². The van der Waals surface area contributed by atoms with Gasteiger partial charge in [0, 0.05) is 19.1 Å². The molecule has 0 aliphatic rings. The molecule has 1 rings (SSSR count). The number of nitrogens with two attached hydrogens (primary N) is 1. The van der Waals surface area contributed by atoms with Gasteiger partial charge in [0.1, 0.15) is 0 Å². The van der Waals surface area contributed by atoms with Crippen LogP contribution in [0.1, 0.15) is 25.2 Å².